The fourth-order valence-corrected chi connectivity index (χ4v) is 2.96. The van der Waals surface area contributed by atoms with Crippen LogP contribution in [0.15, 0.2) is 18.2 Å². The molecule has 0 atom stereocenters. The van der Waals surface area contributed by atoms with Crippen molar-refractivity contribution in [2.45, 2.75) is 52.0 Å². The number of halogens is 1. The van der Waals surface area contributed by atoms with Crippen molar-refractivity contribution in [1.29, 1.82) is 0 Å². The normalized spacial score (nSPS) is 17.0. The van der Waals surface area contributed by atoms with Gasteiger partial charge in [-0.3, -0.25) is 0 Å². The third kappa shape index (κ3) is 4.29. The van der Waals surface area contributed by atoms with E-state index in [0.29, 0.717) is 0 Å². The first kappa shape index (κ1) is 13.9. The summed E-state index contributed by atoms with van der Waals surface area (Å²) in [5.74, 6) is 0.966. The van der Waals surface area contributed by atoms with Gasteiger partial charge in [0.05, 0.1) is 0 Å². The molecule has 1 fully saturated rings. The minimum Gasteiger partial charge on any atom is -0.313 e. The van der Waals surface area contributed by atoms with Gasteiger partial charge in [0, 0.05) is 11.6 Å². The van der Waals surface area contributed by atoms with Crippen LogP contribution in [0.5, 0.6) is 0 Å². The molecule has 18 heavy (non-hydrogen) atoms. The van der Waals surface area contributed by atoms with E-state index in [1.807, 2.05) is 6.92 Å². The smallest absolute Gasteiger partial charge is 0.0438 e. The van der Waals surface area contributed by atoms with Crippen molar-refractivity contribution in [2.75, 3.05) is 6.54 Å². The quantitative estimate of drug-likeness (QED) is 0.761. The molecule has 2 heteroatoms. The second kappa shape index (κ2) is 7.16. The third-order valence-corrected chi connectivity index (χ3v) is 4.43. The lowest BCUT2D eigenvalue weighted by atomic mass is 9.87. The number of rotatable bonds is 5. The first-order valence-electron chi connectivity index (χ1n) is 7.21. The highest BCUT2D eigenvalue weighted by Gasteiger charge is 2.12. The van der Waals surface area contributed by atoms with Crippen molar-refractivity contribution in [3.63, 3.8) is 0 Å². The number of benzene rings is 1. The van der Waals surface area contributed by atoms with Crippen LogP contribution in [0.4, 0.5) is 0 Å². The standard InChI is InChI=1S/C16H24ClN/c1-13-7-8-15(11-16(13)17)12-18-10-9-14-5-3-2-4-6-14/h7-8,11,14,18H,2-6,9-10,12H2,1H3. The van der Waals surface area contributed by atoms with E-state index in [9.17, 15) is 0 Å². The molecule has 1 aromatic carbocycles. The summed E-state index contributed by atoms with van der Waals surface area (Å²) >= 11 is 6.12. The van der Waals surface area contributed by atoms with Crippen molar-refractivity contribution >= 4 is 11.6 Å². The van der Waals surface area contributed by atoms with Gasteiger partial charge in [-0.1, -0.05) is 55.8 Å². The van der Waals surface area contributed by atoms with Crippen molar-refractivity contribution in [3.05, 3.63) is 34.3 Å². The third-order valence-electron chi connectivity index (χ3n) is 4.02. The van der Waals surface area contributed by atoms with E-state index in [0.717, 1.165) is 29.6 Å². The summed E-state index contributed by atoms with van der Waals surface area (Å²) in [5.41, 5.74) is 2.44. The average molecular weight is 266 g/mol. The minimum absolute atomic E-state index is 0.876. The highest BCUT2D eigenvalue weighted by molar-refractivity contribution is 6.31. The molecule has 0 bridgehead atoms. The Kier molecular flexibility index (Phi) is 5.52. The maximum Gasteiger partial charge on any atom is 0.0438 e. The van der Waals surface area contributed by atoms with Crippen molar-refractivity contribution in [1.82, 2.24) is 5.32 Å². The molecule has 1 nitrogen and oxygen atoms in total. The second-order valence-electron chi connectivity index (χ2n) is 5.55. The first-order chi connectivity index (χ1) is 8.75. The van der Waals surface area contributed by atoms with Gasteiger partial charge in [0.25, 0.3) is 0 Å². The molecule has 0 amide bonds. The molecule has 0 heterocycles. The Morgan fingerprint density at radius 1 is 1.22 bits per heavy atom. The molecule has 0 radical (unpaired) electrons. The monoisotopic (exact) mass is 265 g/mol. The molecular formula is C16H24ClN. The number of aryl methyl sites for hydroxylation is 1. The Bertz CT molecular complexity index is 369. The lowest BCUT2D eigenvalue weighted by Crippen LogP contribution is -2.19. The molecule has 0 saturated heterocycles. The molecule has 1 N–H and O–H groups in total. The fourth-order valence-electron chi connectivity index (χ4n) is 2.76. The van der Waals surface area contributed by atoms with E-state index >= 15 is 0 Å². The van der Waals surface area contributed by atoms with Crippen LogP contribution < -0.4 is 5.32 Å². The average Bonchev–Trinajstić information content (AvgIpc) is 2.40. The Morgan fingerprint density at radius 3 is 2.72 bits per heavy atom. The molecule has 2 rings (SSSR count). The first-order valence-corrected chi connectivity index (χ1v) is 7.59. The molecule has 1 saturated carbocycles. The van der Waals surface area contributed by atoms with Crippen molar-refractivity contribution in [3.8, 4) is 0 Å². The molecule has 1 aliphatic carbocycles. The van der Waals surface area contributed by atoms with E-state index in [1.54, 1.807) is 0 Å². The van der Waals surface area contributed by atoms with Gasteiger partial charge in [-0.15, -0.1) is 0 Å². The summed E-state index contributed by atoms with van der Waals surface area (Å²) in [5, 5.41) is 4.41. The molecule has 100 valence electrons. The zero-order valence-corrected chi connectivity index (χ0v) is 12.1. The zero-order valence-electron chi connectivity index (χ0n) is 11.3. The molecular weight excluding hydrogens is 242 g/mol. The SMILES string of the molecule is Cc1ccc(CNCCC2CCCCC2)cc1Cl. The van der Waals surface area contributed by atoms with Gasteiger partial charge in [-0.25, -0.2) is 0 Å². The van der Waals surface area contributed by atoms with Gasteiger partial charge in [-0.05, 0) is 43.0 Å². The summed E-state index contributed by atoms with van der Waals surface area (Å²) in [6.45, 7) is 4.12. The maximum absolute atomic E-state index is 6.12. The predicted molar refractivity (Wildman–Crippen MR) is 79.1 cm³/mol. The van der Waals surface area contributed by atoms with Crippen LogP contribution in [0.25, 0.3) is 0 Å². The Balaban J connectivity index is 1.66. The molecule has 0 unspecified atom stereocenters. The van der Waals surface area contributed by atoms with E-state index in [2.05, 4.69) is 23.5 Å². The van der Waals surface area contributed by atoms with Crippen LogP contribution in [-0.4, -0.2) is 6.54 Å². The van der Waals surface area contributed by atoms with Crippen LogP contribution in [0.2, 0.25) is 5.02 Å². The Hall–Kier alpha value is -0.530. The van der Waals surface area contributed by atoms with Gasteiger partial charge in [0.1, 0.15) is 0 Å². The zero-order chi connectivity index (χ0) is 12.8. The largest absolute Gasteiger partial charge is 0.313 e. The second-order valence-corrected chi connectivity index (χ2v) is 5.96. The van der Waals surface area contributed by atoms with Crippen LogP contribution >= 0.6 is 11.6 Å². The summed E-state index contributed by atoms with van der Waals surface area (Å²) in [4.78, 5) is 0. The van der Waals surface area contributed by atoms with Gasteiger partial charge in [0.15, 0.2) is 0 Å². The number of hydrogen-bond donors (Lipinski definition) is 1. The molecule has 0 aromatic heterocycles. The highest BCUT2D eigenvalue weighted by atomic mass is 35.5. The maximum atomic E-state index is 6.12. The summed E-state index contributed by atoms with van der Waals surface area (Å²) in [7, 11) is 0. The number of hydrogen-bond acceptors (Lipinski definition) is 1. The number of nitrogens with one attached hydrogen (secondary N) is 1. The van der Waals surface area contributed by atoms with E-state index in [1.165, 1.54) is 44.1 Å². The highest BCUT2D eigenvalue weighted by Crippen LogP contribution is 2.25. The Morgan fingerprint density at radius 2 is 2.00 bits per heavy atom. The lowest BCUT2D eigenvalue weighted by Gasteiger charge is -2.21. The minimum atomic E-state index is 0.876. The summed E-state index contributed by atoms with van der Waals surface area (Å²) in [6.07, 6.45) is 8.55. The predicted octanol–water partition coefficient (Wildman–Crippen LogP) is 4.71. The molecule has 1 aromatic rings. The van der Waals surface area contributed by atoms with E-state index in [4.69, 9.17) is 11.6 Å². The van der Waals surface area contributed by atoms with Crippen LogP contribution in [0.3, 0.4) is 0 Å². The van der Waals surface area contributed by atoms with Crippen LogP contribution in [-0.2, 0) is 6.54 Å². The Labute approximate surface area is 116 Å². The molecule has 1 aliphatic rings. The van der Waals surface area contributed by atoms with Crippen LogP contribution in [0, 0.1) is 12.8 Å². The van der Waals surface area contributed by atoms with Gasteiger partial charge >= 0.3 is 0 Å². The van der Waals surface area contributed by atoms with E-state index in [-0.39, 0.29) is 0 Å². The van der Waals surface area contributed by atoms with E-state index < -0.39 is 0 Å². The fraction of sp³-hybridized carbons (Fsp3) is 0.625. The van der Waals surface area contributed by atoms with Crippen molar-refractivity contribution in [2.24, 2.45) is 5.92 Å². The van der Waals surface area contributed by atoms with Gasteiger partial charge in [0.2, 0.25) is 0 Å². The summed E-state index contributed by atoms with van der Waals surface area (Å²) in [6, 6.07) is 6.33. The van der Waals surface area contributed by atoms with Crippen molar-refractivity contribution < 1.29 is 0 Å². The lowest BCUT2D eigenvalue weighted by molar-refractivity contribution is 0.334. The van der Waals surface area contributed by atoms with Gasteiger partial charge < -0.3 is 5.32 Å². The summed E-state index contributed by atoms with van der Waals surface area (Å²) < 4.78 is 0. The van der Waals surface area contributed by atoms with Gasteiger partial charge in [-0.2, -0.15) is 0 Å². The molecule has 0 spiro atoms. The topological polar surface area (TPSA) is 12.0 Å². The van der Waals surface area contributed by atoms with Crippen LogP contribution in [0.1, 0.15) is 49.7 Å². The molecule has 0 aliphatic heterocycles.